The number of anilines is 1. The molecule has 1 heterocycles. The summed E-state index contributed by atoms with van der Waals surface area (Å²) < 4.78 is 13.0. The number of carbonyl (C=O) groups excluding carboxylic acids is 1. The van der Waals surface area contributed by atoms with Crippen LogP contribution in [-0.2, 0) is 11.3 Å². The summed E-state index contributed by atoms with van der Waals surface area (Å²) in [5, 5.41) is 3.02. The van der Waals surface area contributed by atoms with Crippen LogP contribution >= 0.6 is 0 Å². The van der Waals surface area contributed by atoms with Crippen molar-refractivity contribution in [2.75, 3.05) is 38.0 Å². The lowest BCUT2D eigenvalue weighted by atomic mass is 10.1. The Morgan fingerprint density at radius 2 is 1.59 bits per heavy atom. The number of amides is 1. The minimum atomic E-state index is -0.199. The lowest BCUT2D eigenvalue weighted by molar-refractivity contribution is -0.117. The van der Waals surface area contributed by atoms with Crippen LogP contribution in [0.3, 0.4) is 0 Å². The van der Waals surface area contributed by atoms with E-state index in [4.69, 9.17) is 0 Å². The molecule has 0 unspecified atom stereocenters. The van der Waals surface area contributed by atoms with Gasteiger partial charge in [0.05, 0.1) is 6.54 Å². The molecular weight excluding hydrogens is 341 g/mol. The molecule has 2 aromatic carbocycles. The van der Waals surface area contributed by atoms with Crippen LogP contribution in [0, 0.1) is 19.7 Å². The molecule has 144 valence electrons. The summed E-state index contributed by atoms with van der Waals surface area (Å²) in [7, 11) is 0. The molecule has 1 fully saturated rings. The Morgan fingerprint density at radius 3 is 2.30 bits per heavy atom. The Balaban J connectivity index is 1.48. The van der Waals surface area contributed by atoms with Crippen molar-refractivity contribution in [1.29, 1.82) is 0 Å². The minimum absolute atomic E-state index is 0.0342. The minimum Gasteiger partial charge on any atom is -0.325 e. The van der Waals surface area contributed by atoms with Gasteiger partial charge in [0.1, 0.15) is 5.82 Å². The predicted molar refractivity (Wildman–Crippen MR) is 107 cm³/mol. The van der Waals surface area contributed by atoms with Gasteiger partial charge in [0.25, 0.3) is 0 Å². The molecule has 3 rings (SSSR count). The Bertz CT molecular complexity index is 755. The molecule has 27 heavy (non-hydrogen) atoms. The predicted octanol–water partition coefficient (Wildman–Crippen LogP) is 3.59. The third kappa shape index (κ3) is 6.15. The van der Waals surface area contributed by atoms with Gasteiger partial charge in [0.15, 0.2) is 0 Å². The van der Waals surface area contributed by atoms with Gasteiger partial charge in [-0.3, -0.25) is 14.6 Å². The molecule has 0 atom stereocenters. The zero-order valence-corrected chi connectivity index (χ0v) is 16.2. The van der Waals surface area contributed by atoms with Crippen molar-refractivity contribution in [3.63, 3.8) is 0 Å². The van der Waals surface area contributed by atoms with Gasteiger partial charge in [-0.15, -0.1) is 0 Å². The van der Waals surface area contributed by atoms with Crippen LogP contribution in [0.5, 0.6) is 0 Å². The first-order valence-corrected chi connectivity index (χ1v) is 9.55. The number of hydrogen-bond acceptors (Lipinski definition) is 3. The number of halogens is 1. The molecule has 1 N–H and O–H groups in total. The highest BCUT2D eigenvalue weighted by molar-refractivity contribution is 5.92. The highest BCUT2D eigenvalue weighted by atomic mass is 19.1. The molecule has 0 aliphatic carbocycles. The third-order valence-electron chi connectivity index (χ3n) is 4.87. The van der Waals surface area contributed by atoms with Gasteiger partial charge in [0.2, 0.25) is 5.91 Å². The van der Waals surface area contributed by atoms with Crippen LogP contribution in [0.4, 0.5) is 10.1 Å². The molecule has 1 amide bonds. The molecule has 0 spiro atoms. The summed E-state index contributed by atoms with van der Waals surface area (Å²) in [4.78, 5) is 17.0. The van der Waals surface area contributed by atoms with E-state index in [1.807, 2.05) is 38.1 Å². The van der Waals surface area contributed by atoms with Crippen molar-refractivity contribution in [2.45, 2.75) is 26.8 Å². The Kier molecular flexibility index (Phi) is 6.58. The monoisotopic (exact) mass is 369 g/mol. The van der Waals surface area contributed by atoms with Gasteiger partial charge in [-0.05, 0) is 74.3 Å². The first-order chi connectivity index (χ1) is 13.0. The van der Waals surface area contributed by atoms with Gasteiger partial charge >= 0.3 is 0 Å². The molecule has 0 saturated carbocycles. The van der Waals surface area contributed by atoms with Crippen LogP contribution in [0.1, 0.15) is 23.1 Å². The lowest BCUT2D eigenvalue weighted by Gasteiger charge is -2.21. The number of hydrogen-bond donors (Lipinski definition) is 1. The average molecular weight is 369 g/mol. The van der Waals surface area contributed by atoms with E-state index in [-0.39, 0.29) is 11.7 Å². The normalized spacial score (nSPS) is 16.1. The molecule has 0 radical (unpaired) electrons. The molecule has 0 aromatic heterocycles. The van der Waals surface area contributed by atoms with Crippen LogP contribution in [0.15, 0.2) is 42.5 Å². The molecule has 1 saturated heterocycles. The van der Waals surface area contributed by atoms with Crippen LogP contribution in [0.2, 0.25) is 0 Å². The van der Waals surface area contributed by atoms with E-state index >= 15 is 0 Å². The van der Waals surface area contributed by atoms with E-state index < -0.39 is 0 Å². The van der Waals surface area contributed by atoms with Crippen LogP contribution < -0.4 is 5.32 Å². The fraction of sp³-hybridized carbons (Fsp3) is 0.409. The van der Waals surface area contributed by atoms with Gasteiger partial charge in [-0.1, -0.05) is 18.2 Å². The summed E-state index contributed by atoms with van der Waals surface area (Å²) in [5.41, 5.74) is 4.29. The zero-order chi connectivity index (χ0) is 19.2. The average Bonchev–Trinajstić information content (AvgIpc) is 2.81. The highest BCUT2D eigenvalue weighted by Gasteiger charge is 2.17. The second kappa shape index (κ2) is 9.11. The van der Waals surface area contributed by atoms with Crippen molar-refractivity contribution in [1.82, 2.24) is 9.80 Å². The van der Waals surface area contributed by atoms with Crippen molar-refractivity contribution in [3.05, 3.63) is 65.0 Å². The number of benzene rings is 2. The zero-order valence-electron chi connectivity index (χ0n) is 16.2. The maximum absolute atomic E-state index is 13.0. The van der Waals surface area contributed by atoms with Crippen LogP contribution in [0.25, 0.3) is 0 Å². The fourth-order valence-electron chi connectivity index (χ4n) is 3.64. The van der Waals surface area contributed by atoms with Crippen molar-refractivity contribution in [3.8, 4) is 0 Å². The number of nitrogens with zero attached hydrogens (tertiary/aromatic N) is 2. The van der Waals surface area contributed by atoms with Gasteiger partial charge in [0, 0.05) is 25.3 Å². The van der Waals surface area contributed by atoms with Crippen molar-refractivity contribution in [2.24, 2.45) is 0 Å². The van der Waals surface area contributed by atoms with Gasteiger partial charge < -0.3 is 5.32 Å². The molecular formula is C22H28FN3O. The van der Waals surface area contributed by atoms with Gasteiger partial charge in [-0.25, -0.2) is 4.39 Å². The SMILES string of the molecule is Cc1cc(C)cc(NC(=O)CN2CCCN(Cc3ccc(F)cc3)CC2)c1. The third-order valence-corrected chi connectivity index (χ3v) is 4.87. The van der Waals surface area contributed by atoms with E-state index in [0.717, 1.165) is 61.5 Å². The summed E-state index contributed by atoms with van der Waals surface area (Å²) in [6, 6.07) is 12.8. The first-order valence-electron chi connectivity index (χ1n) is 9.55. The van der Waals surface area contributed by atoms with E-state index in [2.05, 4.69) is 21.2 Å². The largest absolute Gasteiger partial charge is 0.325 e. The second-order valence-corrected chi connectivity index (χ2v) is 7.46. The number of aryl methyl sites for hydroxylation is 2. The van der Waals surface area contributed by atoms with Gasteiger partial charge in [-0.2, -0.15) is 0 Å². The summed E-state index contributed by atoms with van der Waals surface area (Å²) >= 11 is 0. The molecule has 1 aliphatic heterocycles. The van der Waals surface area contributed by atoms with E-state index in [9.17, 15) is 9.18 Å². The Morgan fingerprint density at radius 1 is 0.963 bits per heavy atom. The van der Waals surface area contributed by atoms with Crippen molar-refractivity contribution >= 4 is 11.6 Å². The number of nitrogens with one attached hydrogen (secondary N) is 1. The Hall–Kier alpha value is -2.24. The molecule has 1 aliphatic rings. The summed E-state index contributed by atoms with van der Waals surface area (Å²) in [5.74, 6) is -0.164. The highest BCUT2D eigenvalue weighted by Crippen LogP contribution is 2.14. The maximum atomic E-state index is 13.0. The summed E-state index contributed by atoms with van der Waals surface area (Å²) in [6.07, 6.45) is 1.03. The topological polar surface area (TPSA) is 35.6 Å². The number of carbonyl (C=O) groups is 1. The molecule has 5 heteroatoms. The standard InChI is InChI=1S/C22H28FN3O/c1-17-12-18(2)14-21(13-17)24-22(27)16-26-9-3-8-25(10-11-26)15-19-4-6-20(23)7-5-19/h4-7,12-14H,3,8-11,15-16H2,1-2H3,(H,24,27). The molecule has 0 bridgehead atoms. The smallest absolute Gasteiger partial charge is 0.238 e. The summed E-state index contributed by atoms with van der Waals surface area (Å²) in [6.45, 7) is 8.99. The first kappa shape index (κ1) is 19.5. The second-order valence-electron chi connectivity index (χ2n) is 7.46. The molecule has 2 aromatic rings. The maximum Gasteiger partial charge on any atom is 0.238 e. The van der Waals surface area contributed by atoms with Crippen LogP contribution in [-0.4, -0.2) is 48.4 Å². The number of rotatable bonds is 5. The fourth-order valence-corrected chi connectivity index (χ4v) is 3.64. The van der Waals surface area contributed by atoms with E-state index in [1.165, 1.54) is 12.1 Å². The Labute approximate surface area is 161 Å². The van der Waals surface area contributed by atoms with Crippen molar-refractivity contribution < 1.29 is 9.18 Å². The quantitative estimate of drug-likeness (QED) is 0.875. The van der Waals surface area contributed by atoms with E-state index in [0.29, 0.717) is 6.54 Å². The lowest BCUT2D eigenvalue weighted by Crippen LogP contribution is -2.36. The van der Waals surface area contributed by atoms with E-state index in [1.54, 1.807) is 0 Å². The molecule has 4 nitrogen and oxygen atoms in total.